The minimum Gasteiger partial charge on any atom is -0.393 e. The molecule has 1 aromatic rings. The predicted octanol–water partition coefficient (Wildman–Crippen LogP) is 2.28. The summed E-state index contributed by atoms with van der Waals surface area (Å²) < 4.78 is 0. The van der Waals surface area contributed by atoms with Crippen LogP contribution < -0.4 is 5.32 Å². The van der Waals surface area contributed by atoms with Crippen LogP contribution in [0, 0.1) is 5.92 Å². The van der Waals surface area contributed by atoms with Gasteiger partial charge in [0.15, 0.2) is 0 Å². The Morgan fingerprint density at radius 1 is 1.33 bits per heavy atom. The molecule has 1 aromatic carbocycles. The van der Waals surface area contributed by atoms with Gasteiger partial charge in [-0.25, -0.2) is 0 Å². The molecule has 21 heavy (non-hydrogen) atoms. The van der Waals surface area contributed by atoms with E-state index in [1.807, 2.05) is 31.2 Å². The lowest BCUT2D eigenvalue weighted by Gasteiger charge is -2.32. The number of benzene rings is 1. The zero-order valence-corrected chi connectivity index (χ0v) is 13.0. The second-order valence-electron chi connectivity index (χ2n) is 5.95. The zero-order valence-electron chi connectivity index (χ0n) is 13.0. The number of carbonyl (C=O) groups is 1. The summed E-state index contributed by atoms with van der Waals surface area (Å²) >= 11 is 0. The number of aryl methyl sites for hydroxylation is 1. The molecule has 0 spiro atoms. The molecule has 1 aliphatic heterocycles. The summed E-state index contributed by atoms with van der Waals surface area (Å²) in [6.07, 6.45) is 2.71. The smallest absolute Gasteiger partial charge is 0.238 e. The van der Waals surface area contributed by atoms with E-state index in [1.54, 1.807) is 0 Å². The molecular weight excluding hydrogens is 264 g/mol. The average molecular weight is 290 g/mol. The molecule has 4 nitrogen and oxygen atoms in total. The SMILES string of the molecule is CCc1ccc(NC(=O)CN2CCC(C(C)O)CC2)cc1. The summed E-state index contributed by atoms with van der Waals surface area (Å²) in [5, 5.41) is 12.5. The number of carbonyl (C=O) groups excluding carboxylic acids is 1. The van der Waals surface area contributed by atoms with E-state index in [1.165, 1.54) is 5.56 Å². The van der Waals surface area contributed by atoms with Crippen molar-refractivity contribution in [3.8, 4) is 0 Å². The third kappa shape index (κ3) is 4.83. The van der Waals surface area contributed by atoms with Crippen LogP contribution in [-0.4, -0.2) is 41.7 Å². The van der Waals surface area contributed by atoms with E-state index in [9.17, 15) is 9.90 Å². The maximum atomic E-state index is 12.0. The Balaban J connectivity index is 1.77. The van der Waals surface area contributed by atoms with E-state index >= 15 is 0 Å². The summed E-state index contributed by atoms with van der Waals surface area (Å²) in [4.78, 5) is 14.2. The quantitative estimate of drug-likeness (QED) is 0.875. The van der Waals surface area contributed by atoms with Gasteiger partial charge in [-0.2, -0.15) is 0 Å². The van der Waals surface area contributed by atoms with Crippen LogP contribution in [0.15, 0.2) is 24.3 Å². The summed E-state index contributed by atoms with van der Waals surface area (Å²) in [5.74, 6) is 0.417. The molecule has 0 aliphatic carbocycles. The maximum absolute atomic E-state index is 12.0. The standard InChI is InChI=1S/C17H26N2O2/c1-3-14-4-6-16(7-5-14)18-17(21)12-19-10-8-15(9-11-19)13(2)20/h4-7,13,15,20H,3,8-12H2,1-2H3,(H,18,21). The predicted molar refractivity (Wildman–Crippen MR) is 85.3 cm³/mol. The monoisotopic (exact) mass is 290 g/mol. The second kappa shape index (κ2) is 7.57. The van der Waals surface area contributed by atoms with Crippen molar-refractivity contribution in [1.82, 2.24) is 4.90 Å². The van der Waals surface area contributed by atoms with Crippen molar-refractivity contribution in [1.29, 1.82) is 0 Å². The molecule has 1 aliphatic rings. The topological polar surface area (TPSA) is 52.6 Å². The molecular formula is C17H26N2O2. The van der Waals surface area contributed by atoms with Gasteiger partial charge in [0.05, 0.1) is 12.6 Å². The van der Waals surface area contributed by atoms with E-state index in [-0.39, 0.29) is 12.0 Å². The van der Waals surface area contributed by atoms with Crippen molar-refractivity contribution in [2.45, 2.75) is 39.2 Å². The van der Waals surface area contributed by atoms with Gasteiger partial charge in [-0.05, 0) is 62.9 Å². The Labute approximate surface area is 127 Å². The second-order valence-corrected chi connectivity index (χ2v) is 5.95. The number of rotatable bonds is 5. The van der Waals surface area contributed by atoms with Crippen molar-refractivity contribution in [3.05, 3.63) is 29.8 Å². The number of likely N-dealkylation sites (tertiary alicyclic amines) is 1. The first-order valence-corrected chi connectivity index (χ1v) is 7.87. The van der Waals surface area contributed by atoms with Crippen molar-refractivity contribution < 1.29 is 9.90 Å². The fraction of sp³-hybridized carbons (Fsp3) is 0.588. The van der Waals surface area contributed by atoms with Crippen LogP contribution in [-0.2, 0) is 11.2 Å². The first-order valence-electron chi connectivity index (χ1n) is 7.87. The zero-order chi connectivity index (χ0) is 15.2. The minimum atomic E-state index is -0.238. The van der Waals surface area contributed by atoms with Crippen molar-refractivity contribution in [2.75, 3.05) is 25.0 Å². The Kier molecular flexibility index (Phi) is 5.76. The lowest BCUT2D eigenvalue weighted by atomic mass is 9.92. The molecule has 0 bridgehead atoms. The molecule has 0 radical (unpaired) electrons. The van der Waals surface area contributed by atoms with Crippen LogP contribution in [0.4, 0.5) is 5.69 Å². The van der Waals surface area contributed by atoms with Gasteiger partial charge in [-0.3, -0.25) is 9.69 Å². The third-order valence-electron chi connectivity index (χ3n) is 4.33. The number of nitrogens with zero attached hydrogens (tertiary/aromatic N) is 1. The Morgan fingerprint density at radius 2 is 1.95 bits per heavy atom. The summed E-state index contributed by atoms with van der Waals surface area (Å²) in [6.45, 7) is 6.18. The van der Waals surface area contributed by atoms with Gasteiger partial charge in [-0.15, -0.1) is 0 Å². The number of hydrogen-bond donors (Lipinski definition) is 2. The van der Waals surface area contributed by atoms with Crippen LogP contribution >= 0.6 is 0 Å². The van der Waals surface area contributed by atoms with E-state index in [2.05, 4.69) is 17.1 Å². The Bertz CT molecular complexity index is 448. The molecule has 1 saturated heterocycles. The third-order valence-corrected chi connectivity index (χ3v) is 4.33. The number of nitrogens with one attached hydrogen (secondary N) is 1. The lowest BCUT2D eigenvalue weighted by Crippen LogP contribution is -2.41. The van der Waals surface area contributed by atoms with Crippen LogP contribution in [0.5, 0.6) is 0 Å². The number of amides is 1. The van der Waals surface area contributed by atoms with Crippen LogP contribution in [0.2, 0.25) is 0 Å². The highest BCUT2D eigenvalue weighted by molar-refractivity contribution is 5.92. The molecule has 1 unspecified atom stereocenters. The van der Waals surface area contributed by atoms with Gasteiger partial charge in [0.2, 0.25) is 5.91 Å². The summed E-state index contributed by atoms with van der Waals surface area (Å²) in [7, 11) is 0. The number of hydrogen-bond acceptors (Lipinski definition) is 3. The van der Waals surface area contributed by atoms with E-state index < -0.39 is 0 Å². The molecule has 0 aromatic heterocycles. The number of anilines is 1. The molecule has 4 heteroatoms. The maximum Gasteiger partial charge on any atom is 0.238 e. The van der Waals surface area contributed by atoms with Gasteiger partial charge in [0.25, 0.3) is 0 Å². The lowest BCUT2D eigenvalue weighted by molar-refractivity contribution is -0.117. The van der Waals surface area contributed by atoms with Crippen molar-refractivity contribution >= 4 is 11.6 Å². The van der Waals surface area contributed by atoms with Crippen molar-refractivity contribution in [2.24, 2.45) is 5.92 Å². The molecule has 1 heterocycles. The fourth-order valence-corrected chi connectivity index (χ4v) is 2.82. The highest BCUT2D eigenvalue weighted by Crippen LogP contribution is 2.20. The number of aliphatic hydroxyl groups excluding tert-OH is 1. The van der Waals surface area contributed by atoms with Gasteiger partial charge in [-0.1, -0.05) is 19.1 Å². The Morgan fingerprint density at radius 3 is 2.48 bits per heavy atom. The molecule has 1 atom stereocenters. The molecule has 0 saturated carbocycles. The number of piperidine rings is 1. The van der Waals surface area contributed by atoms with Gasteiger partial charge in [0, 0.05) is 5.69 Å². The molecule has 1 fully saturated rings. The molecule has 2 rings (SSSR count). The normalized spacial score (nSPS) is 18.4. The first-order chi connectivity index (χ1) is 10.1. The largest absolute Gasteiger partial charge is 0.393 e. The Hall–Kier alpha value is -1.39. The van der Waals surface area contributed by atoms with Gasteiger partial charge >= 0.3 is 0 Å². The first kappa shape index (κ1) is 16.0. The van der Waals surface area contributed by atoms with Crippen LogP contribution in [0.3, 0.4) is 0 Å². The number of aliphatic hydroxyl groups is 1. The van der Waals surface area contributed by atoms with Gasteiger partial charge < -0.3 is 10.4 Å². The average Bonchev–Trinajstić information content (AvgIpc) is 2.48. The highest BCUT2D eigenvalue weighted by Gasteiger charge is 2.23. The molecule has 1 amide bonds. The van der Waals surface area contributed by atoms with Crippen LogP contribution in [0.25, 0.3) is 0 Å². The van der Waals surface area contributed by atoms with Crippen LogP contribution in [0.1, 0.15) is 32.3 Å². The van der Waals surface area contributed by atoms with E-state index in [0.717, 1.165) is 38.0 Å². The highest BCUT2D eigenvalue weighted by atomic mass is 16.3. The molecule has 2 N–H and O–H groups in total. The van der Waals surface area contributed by atoms with Gasteiger partial charge in [0.1, 0.15) is 0 Å². The fourth-order valence-electron chi connectivity index (χ4n) is 2.82. The van der Waals surface area contributed by atoms with Crippen molar-refractivity contribution in [3.63, 3.8) is 0 Å². The van der Waals surface area contributed by atoms with E-state index in [4.69, 9.17) is 0 Å². The summed E-state index contributed by atoms with van der Waals surface area (Å²) in [5.41, 5.74) is 2.13. The van der Waals surface area contributed by atoms with E-state index in [0.29, 0.717) is 12.5 Å². The minimum absolute atomic E-state index is 0.0368. The molecule has 116 valence electrons. The summed E-state index contributed by atoms with van der Waals surface area (Å²) in [6, 6.07) is 8.00.